The van der Waals surface area contributed by atoms with E-state index in [4.69, 9.17) is 4.74 Å². The zero-order valence-corrected chi connectivity index (χ0v) is 12.7. The van der Waals surface area contributed by atoms with E-state index in [1.54, 1.807) is 26.3 Å². The minimum absolute atomic E-state index is 0.139. The van der Waals surface area contributed by atoms with Gasteiger partial charge in [-0.3, -0.25) is 15.0 Å². The highest BCUT2D eigenvalue weighted by atomic mass is 16.6. The number of methoxy groups -OCH3 is 1. The first-order valence-electron chi connectivity index (χ1n) is 7.31. The molecule has 1 saturated heterocycles. The van der Waals surface area contributed by atoms with Gasteiger partial charge in [-0.1, -0.05) is 12.1 Å². The molecule has 1 heterocycles. The Hall–Kier alpha value is -1.66. The molecule has 0 amide bonds. The minimum atomic E-state index is -0.334. The standard InChI is InChI=1S/C15H23N3O3/c1-16-15-13(6-3-7-14(15)18(19)20)10-17-8-4-5-12(9-17)11-21-2/h3,6-7,12,16H,4-5,8-11H2,1-2H3. The highest BCUT2D eigenvalue weighted by Gasteiger charge is 2.22. The van der Waals surface area contributed by atoms with E-state index in [0.29, 0.717) is 11.6 Å². The van der Waals surface area contributed by atoms with Crippen LogP contribution in [0.4, 0.5) is 11.4 Å². The van der Waals surface area contributed by atoms with Crippen molar-refractivity contribution in [2.45, 2.75) is 19.4 Å². The fraction of sp³-hybridized carbons (Fsp3) is 0.600. The molecule has 1 aromatic carbocycles. The first kappa shape index (κ1) is 15.7. The molecule has 116 valence electrons. The van der Waals surface area contributed by atoms with E-state index in [1.807, 2.05) is 6.07 Å². The van der Waals surface area contributed by atoms with Crippen LogP contribution in [-0.2, 0) is 11.3 Å². The second kappa shape index (κ2) is 7.38. The molecule has 21 heavy (non-hydrogen) atoms. The van der Waals surface area contributed by atoms with Crippen LogP contribution >= 0.6 is 0 Å². The lowest BCUT2D eigenvalue weighted by Crippen LogP contribution is -2.36. The maximum Gasteiger partial charge on any atom is 0.292 e. The number of para-hydroxylation sites is 1. The summed E-state index contributed by atoms with van der Waals surface area (Å²) in [7, 11) is 3.47. The van der Waals surface area contributed by atoms with Crippen LogP contribution in [0.2, 0.25) is 0 Å². The van der Waals surface area contributed by atoms with Crippen molar-refractivity contribution in [1.82, 2.24) is 4.90 Å². The third-order valence-electron chi connectivity index (χ3n) is 3.97. The number of likely N-dealkylation sites (tertiary alicyclic amines) is 1. The molecule has 6 heteroatoms. The largest absolute Gasteiger partial charge is 0.384 e. The molecule has 2 rings (SSSR count). The minimum Gasteiger partial charge on any atom is -0.384 e. The fourth-order valence-corrected chi connectivity index (χ4v) is 3.07. The van der Waals surface area contributed by atoms with Crippen LogP contribution in [0, 0.1) is 16.0 Å². The predicted octanol–water partition coefficient (Wildman–Crippen LogP) is 2.49. The Kier molecular flexibility index (Phi) is 5.52. The van der Waals surface area contributed by atoms with E-state index < -0.39 is 0 Å². The molecule has 1 atom stereocenters. The van der Waals surface area contributed by atoms with Gasteiger partial charge in [-0.15, -0.1) is 0 Å². The van der Waals surface area contributed by atoms with Crippen molar-refractivity contribution >= 4 is 11.4 Å². The average molecular weight is 293 g/mol. The van der Waals surface area contributed by atoms with Gasteiger partial charge in [0.15, 0.2) is 0 Å². The van der Waals surface area contributed by atoms with Gasteiger partial charge in [0.25, 0.3) is 5.69 Å². The Labute approximate surface area is 125 Å². The number of piperidine rings is 1. The van der Waals surface area contributed by atoms with E-state index in [1.165, 1.54) is 6.42 Å². The zero-order valence-electron chi connectivity index (χ0n) is 12.7. The van der Waals surface area contributed by atoms with Gasteiger partial charge in [0, 0.05) is 33.3 Å². The monoisotopic (exact) mass is 293 g/mol. The van der Waals surface area contributed by atoms with E-state index in [-0.39, 0.29) is 10.6 Å². The first-order chi connectivity index (χ1) is 10.2. The van der Waals surface area contributed by atoms with Crippen molar-refractivity contribution in [2.75, 3.05) is 39.2 Å². The number of benzene rings is 1. The quantitative estimate of drug-likeness (QED) is 0.644. The topological polar surface area (TPSA) is 67.6 Å². The van der Waals surface area contributed by atoms with Crippen LogP contribution in [0.5, 0.6) is 0 Å². The number of ether oxygens (including phenoxy) is 1. The Morgan fingerprint density at radius 3 is 3.00 bits per heavy atom. The van der Waals surface area contributed by atoms with Crippen molar-refractivity contribution < 1.29 is 9.66 Å². The number of rotatable bonds is 6. The maximum absolute atomic E-state index is 11.1. The molecule has 0 spiro atoms. The number of hydrogen-bond acceptors (Lipinski definition) is 5. The van der Waals surface area contributed by atoms with Crippen LogP contribution in [0.1, 0.15) is 18.4 Å². The summed E-state index contributed by atoms with van der Waals surface area (Å²) >= 11 is 0. The van der Waals surface area contributed by atoms with Crippen molar-refractivity contribution in [3.8, 4) is 0 Å². The van der Waals surface area contributed by atoms with Crippen LogP contribution in [0.15, 0.2) is 18.2 Å². The van der Waals surface area contributed by atoms with Crippen molar-refractivity contribution in [1.29, 1.82) is 0 Å². The van der Waals surface area contributed by atoms with Gasteiger partial charge in [0.05, 0.1) is 11.5 Å². The average Bonchev–Trinajstić information content (AvgIpc) is 2.47. The van der Waals surface area contributed by atoms with Gasteiger partial charge in [-0.25, -0.2) is 0 Å². The molecule has 1 unspecified atom stereocenters. The highest BCUT2D eigenvalue weighted by molar-refractivity contribution is 5.66. The molecule has 1 fully saturated rings. The second-order valence-electron chi connectivity index (χ2n) is 5.52. The number of nitrogens with zero attached hydrogens (tertiary/aromatic N) is 2. The molecular weight excluding hydrogens is 270 g/mol. The zero-order chi connectivity index (χ0) is 15.2. The van der Waals surface area contributed by atoms with E-state index in [9.17, 15) is 10.1 Å². The van der Waals surface area contributed by atoms with E-state index in [2.05, 4.69) is 10.2 Å². The highest BCUT2D eigenvalue weighted by Crippen LogP contribution is 2.29. The van der Waals surface area contributed by atoms with Gasteiger partial charge in [0.2, 0.25) is 0 Å². The van der Waals surface area contributed by atoms with Crippen LogP contribution < -0.4 is 5.32 Å². The van der Waals surface area contributed by atoms with Crippen molar-refractivity contribution in [3.63, 3.8) is 0 Å². The number of hydrogen-bond donors (Lipinski definition) is 1. The summed E-state index contributed by atoms with van der Waals surface area (Å²) in [6, 6.07) is 5.25. The fourth-order valence-electron chi connectivity index (χ4n) is 3.07. The summed E-state index contributed by atoms with van der Waals surface area (Å²) < 4.78 is 5.25. The third-order valence-corrected chi connectivity index (χ3v) is 3.97. The number of anilines is 1. The Morgan fingerprint density at radius 2 is 2.33 bits per heavy atom. The second-order valence-corrected chi connectivity index (χ2v) is 5.52. The van der Waals surface area contributed by atoms with E-state index >= 15 is 0 Å². The molecule has 1 aliphatic heterocycles. The molecule has 6 nitrogen and oxygen atoms in total. The Morgan fingerprint density at radius 1 is 1.52 bits per heavy atom. The van der Waals surface area contributed by atoms with Gasteiger partial charge < -0.3 is 10.1 Å². The summed E-state index contributed by atoms with van der Waals surface area (Å²) in [4.78, 5) is 13.1. The Bertz CT molecular complexity index is 491. The van der Waals surface area contributed by atoms with E-state index in [0.717, 1.165) is 38.2 Å². The summed E-state index contributed by atoms with van der Waals surface area (Å²) in [5.74, 6) is 0.556. The number of nitro groups is 1. The summed E-state index contributed by atoms with van der Waals surface area (Å²) in [6.07, 6.45) is 2.34. The normalized spacial score (nSPS) is 19.4. The van der Waals surface area contributed by atoms with Gasteiger partial charge in [-0.2, -0.15) is 0 Å². The molecule has 0 aromatic heterocycles. The van der Waals surface area contributed by atoms with Crippen LogP contribution in [0.25, 0.3) is 0 Å². The van der Waals surface area contributed by atoms with Crippen LogP contribution in [0.3, 0.4) is 0 Å². The van der Waals surface area contributed by atoms with Crippen LogP contribution in [-0.4, -0.2) is 43.7 Å². The SMILES string of the molecule is CNc1c(CN2CCCC(COC)C2)cccc1[N+](=O)[O-]. The smallest absolute Gasteiger partial charge is 0.292 e. The lowest BCUT2D eigenvalue weighted by molar-refractivity contribution is -0.384. The molecular formula is C15H23N3O3. The summed E-state index contributed by atoms with van der Waals surface area (Å²) in [6.45, 7) is 3.54. The summed E-state index contributed by atoms with van der Waals surface area (Å²) in [5, 5.41) is 14.1. The number of nitrogens with one attached hydrogen (secondary N) is 1. The third kappa shape index (κ3) is 3.92. The molecule has 0 radical (unpaired) electrons. The maximum atomic E-state index is 11.1. The Balaban J connectivity index is 2.12. The van der Waals surface area contributed by atoms with Crippen molar-refractivity contribution in [2.24, 2.45) is 5.92 Å². The number of nitro benzene ring substituents is 1. The molecule has 1 aliphatic rings. The van der Waals surface area contributed by atoms with Crippen molar-refractivity contribution in [3.05, 3.63) is 33.9 Å². The molecule has 0 aliphatic carbocycles. The van der Waals surface area contributed by atoms with Gasteiger partial charge >= 0.3 is 0 Å². The molecule has 0 saturated carbocycles. The molecule has 0 bridgehead atoms. The predicted molar refractivity (Wildman–Crippen MR) is 82.5 cm³/mol. The lowest BCUT2D eigenvalue weighted by Gasteiger charge is -2.32. The molecule has 1 N–H and O–H groups in total. The van der Waals surface area contributed by atoms with Gasteiger partial charge in [-0.05, 0) is 30.9 Å². The lowest BCUT2D eigenvalue weighted by atomic mass is 9.98. The molecule has 1 aromatic rings. The van der Waals surface area contributed by atoms with Gasteiger partial charge in [0.1, 0.15) is 5.69 Å². The summed E-state index contributed by atoms with van der Waals surface area (Å²) in [5.41, 5.74) is 1.74. The first-order valence-corrected chi connectivity index (χ1v) is 7.31.